The van der Waals surface area contributed by atoms with Gasteiger partial charge in [-0.05, 0) is 24.6 Å². The Morgan fingerprint density at radius 3 is 1.85 bits per heavy atom. The van der Waals surface area contributed by atoms with Crippen LogP contribution in [0.1, 0.15) is 39.7 Å². The summed E-state index contributed by atoms with van der Waals surface area (Å²) in [4.78, 5) is 0. The van der Waals surface area contributed by atoms with Gasteiger partial charge >= 0.3 is 0 Å². The molecule has 13 heavy (non-hydrogen) atoms. The fourth-order valence-electron chi connectivity index (χ4n) is 0.628. The number of benzene rings is 1. The molecule has 1 heteroatoms. The second kappa shape index (κ2) is 11.0. The molecule has 1 aromatic carbocycles. The first-order valence-corrected chi connectivity index (χ1v) is 4.96. The van der Waals surface area contributed by atoms with Gasteiger partial charge in [-0.1, -0.05) is 46.2 Å². The van der Waals surface area contributed by atoms with Crippen LogP contribution in [-0.2, 0) is 0 Å². The molecule has 0 saturated carbocycles. The van der Waals surface area contributed by atoms with Crippen LogP contribution < -0.4 is 0 Å². The van der Waals surface area contributed by atoms with E-state index in [2.05, 4.69) is 13.8 Å². The van der Waals surface area contributed by atoms with E-state index in [1.165, 1.54) is 6.42 Å². The normalized spacial score (nSPS) is 7.46. The molecule has 0 heterocycles. The Morgan fingerprint density at radius 1 is 1.15 bits per heavy atom. The van der Waals surface area contributed by atoms with Crippen LogP contribution in [0.15, 0.2) is 24.3 Å². The molecule has 0 amide bonds. The van der Waals surface area contributed by atoms with Gasteiger partial charge in [-0.2, -0.15) is 0 Å². The Bertz CT molecular complexity index is 177. The topological polar surface area (TPSA) is 20.2 Å². The van der Waals surface area contributed by atoms with Crippen molar-refractivity contribution in [1.29, 1.82) is 0 Å². The van der Waals surface area contributed by atoms with E-state index in [4.69, 9.17) is 5.11 Å². The van der Waals surface area contributed by atoms with Crippen LogP contribution >= 0.6 is 0 Å². The largest absolute Gasteiger partial charge is 0.508 e. The van der Waals surface area contributed by atoms with Crippen LogP contribution in [0, 0.1) is 6.92 Å². The van der Waals surface area contributed by atoms with Gasteiger partial charge in [0.05, 0.1) is 0 Å². The molecule has 0 radical (unpaired) electrons. The van der Waals surface area contributed by atoms with Crippen molar-refractivity contribution in [2.75, 3.05) is 0 Å². The van der Waals surface area contributed by atoms with E-state index in [0.29, 0.717) is 5.75 Å². The minimum atomic E-state index is 0.338. The van der Waals surface area contributed by atoms with E-state index < -0.39 is 0 Å². The summed E-state index contributed by atoms with van der Waals surface area (Å²) in [5.41, 5.74) is 1.09. The quantitative estimate of drug-likeness (QED) is 0.639. The Labute approximate surface area is 82.4 Å². The number of aromatic hydroxyl groups is 1. The van der Waals surface area contributed by atoms with E-state index in [-0.39, 0.29) is 0 Å². The lowest BCUT2D eigenvalue weighted by Crippen LogP contribution is -1.66. The summed E-state index contributed by atoms with van der Waals surface area (Å²) in [5, 5.41) is 8.81. The first kappa shape index (κ1) is 14.5. The molecule has 1 aromatic rings. The van der Waals surface area contributed by atoms with Crippen LogP contribution in [0.4, 0.5) is 0 Å². The number of phenolic OH excluding ortho intramolecular Hbond substituents is 1. The van der Waals surface area contributed by atoms with Gasteiger partial charge in [0.15, 0.2) is 0 Å². The van der Waals surface area contributed by atoms with Crippen LogP contribution in [0.5, 0.6) is 5.75 Å². The molecule has 0 aliphatic heterocycles. The molecule has 0 unspecified atom stereocenters. The maximum Gasteiger partial charge on any atom is 0.115 e. The molecule has 0 bridgehead atoms. The molecule has 0 spiro atoms. The highest BCUT2D eigenvalue weighted by Crippen LogP contribution is 2.08. The number of phenols is 1. The van der Waals surface area contributed by atoms with Crippen LogP contribution in [-0.4, -0.2) is 5.11 Å². The highest BCUT2D eigenvalue weighted by Gasteiger charge is 1.83. The van der Waals surface area contributed by atoms with Crippen LogP contribution in [0.3, 0.4) is 0 Å². The standard InChI is InChI=1S/C7H8O.C3H8.C2H6/c1-6-3-2-4-7(8)5-6;1-3-2;1-2/h2-5,8H,1H3;3H2,1-2H3;1-2H3. The van der Waals surface area contributed by atoms with Gasteiger partial charge in [0.25, 0.3) is 0 Å². The molecule has 0 fully saturated rings. The van der Waals surface area contributed by atoms with Crippen molar-refractivity contribution in [2.45, 2.75) is 41.0 Å². The van der Waals surface area contributed by atoms with E-state index in [1.54, 1.807) is 12.1 Å². The monoisotopic (exact) mass is 182 g/mol. The third-order valence-electron chi connectivity index (χ3n) is 1.00. The Kier molecular flexibility index (Phi) is 12.3. The predicted molar refractivity (Wildman–Crippen MR) is 60.2 cm³/mol. The summed E-state index contributed by atoms with van der Waals surface area (Å²) >= 11 is 0. The van der Waals surface area contributed by atoms with Gasteiger partial charge in [-0.15, -0.1) is 0 Å². The molecule has 0 aromatic heterocycles. The summed E-state index contributed by atoms with van der Waals surface area (Å²) < 4.78 is 0. The lowest BCUT2D eigenvalue weighted by Gasteiger charge is -1.89. The van der Waals surface area contributed by atoms with Gasteiger partial charge in [-0.3, -0.25) is 0 Å². The first-order chi connectivity index (χ1) is 6.20. The molecule has 1 N–H and O–H groups in total. The van der Waals surface area contributed by atoms with E-state index in [9.17, 15) is 0 Å². The third-order valence-corrected chi connectivity index (χ3v) is 1.00. The van der Waals surface area contributed by atoms with Crippen molar-refractivity contribution in [1.82, 2.24) is 0 Å². The average molecular weight is 182 g/mol. The SMILES string of the molecule is CC.CCC.Cc1cccc(O)c1. The van der Waals surface area contributed by atoms with Crippen LogP contribution in [0.25, 0.3) is 0 Å². The van der Waals surface area contributed by atoms with Crippen molar-refractivity contribution in [3.63, 3.8) is 0 Å². The number of rotatable bonds is 0. The van der Waals surface area contributed by atoms with Crippen molar-refractivity contribution in [3.05, 3.63) is 29.8 Å². The molecule has 1 nitrogen and oxygen atoms in total. The predicted octanol–water partition coefficient (Wildman–Crippen LogP) is 4.14. The fraction of sp³-hybridized carbons (Fsp3) is 0.500. The van der Waals surface area contributed by atoms with Crippen molar-refractivity contribution in [3.8, 4) is 5.75 Å². The summed E-state index contributed by atoms with van der Waals surface area (Å²) in [6.07, 6.45) is 1.25. The van der Waals surface area contributed by atoms with E-state index in [0.717, 1.165) is 5.56 Å². The fourth-order valence-corrected chi connectivity index (χ4v) is 0.628. The third kappa shape index (κ3) is 11.0. The van der Waals surface area contributed by atoms with Gasteiger partial charge in [0.1, 0.15) is 5.75 Å². The van der Waals surface area contributed by atoms with E-state index in [1.807, 2.05) is 32.9 Å². The molecular weight excluding hydrogens is 160 g/mol. The molecule has 76 valence electrons. The van der Waals surface area contributed by atoms with Crippen molar-refractivity contribution in [2.24, 2.45) is 0 Å². The van der Waals surface area contributed by atoms with Gasteiger partial charge < -0.3 is 5.11 Å². The van der Waals surface area contributed by atoms with E-state index >= 15 is 0 Å². The molecular formula is C12H22O. The summed E-state index contributed by atoms with van der Waals surface area (Å²) in [7, 11) is 0. The minimum Gasteiger partial charge on any atom is -0.508 e. The lowest BCUT2D eigenvalue weighted by molar-refractivity contribution is 0.475. The zero-order valence-electron chi connectivity index (χ0n) is 9.46. The van der Waals surface area contributed by atoms with Gasteiger partial charge in [0.2, 0.25) is 0 Å². The Balaban J connectivity index is 0. The Hall–Kier alpha value is -0.980. The Morgan fingerprint density at radius 2 is 1.62 bits per heavy atom. The lowest BCUT2D eigenvalue weighted by atomic mass is 10.2. The second-order valence-corrected chi connectivity index (χ2v) is 2.55. The highest BCUT2D eigenvalue weighted by molar-refractivity contribution is 5.25. The maximum absolute atomic E-state index is 8.81. The summed E-state index contributed by atoms with van der Waals surface area (Å²) in [6, 6.07) is 7.15. The second-order valence-electron chi connectivity index (χ2n) is 2.55. The van der Waals surface area contributed by atoms with Crippen molar-refractivity contribution < 1.29 is 5.11 Å². The molecule has 0 saturated heterocycles. The molecule has 1 rings (SSSR count). The number of aryl methyl sites for hydroxylation is 1. The zero-order valence-corrected chi connectivity index (χ0v) is 9.46. The minimum absolute atomic E-state index is 0.338. The number of hydrogen-bond acceptors (Lipinski definition) is 1. The average Bonchev–Trinajstić information content (AvgIpc) is 2.08. The maximum atomic E-state index is 8.81. The van der Waals surface area contributed by atoms with Gasteiger partial charge in [0, 0.05) is 0 Å². The summed E-state index contributed by atoms with van der Waals surface area (Å²) in [6.45, 7) is 10.2. The molecule has 0 aliphatic carbocycles. The van der Waals surface area contributed by atoms with Crippen LogP contribution in [0.2, 0.25) is 0 Å². The van der Waals surface area contributed by atoms with Gasteiger partial charge in [-0.25, -0.2) is 0 Å². The highest BCUT2D eigenvalue weighted by atomic mass is 16.3. The van der Waals surface area contributed by atoms with Crippen molar-refractivity contribution >= 4 is 0 Å². The molecule has 0 atom stereocenters. The summed E-state index contributed by atoms with van der Waals surface area (Å²) in [5.74, 6) is 0.338. The smallest absolute Gasteiger partial charge is 0.115 e. The zero-order chi connectivity index (χ0) is 10.7. The number of hydrogen-bond donors (Lipinski definition) is 1. The molecule has 0 aliphatic rings. The first-order valence-electron chi connectivity index (χ1n) is 4.96.